The van der Waals surface area contributed by atoms with Crippen LogP contribution in [0.1, 0.15) is 16.1 Å². The number of halogens is 4. The Hall–Kier alpha value is -2.83. The quantitative estimate of drug-likeness (QED) is 0.311. The molecule has 0 atom stereocenters. The third kappa shape index (κ3) is 2.77. The Morgan fingerprint density at radius 2 is 1.74 bits per heavy atom. The monoisotopic (exact) mass is 324 g/mol. The number of furan rings is 1. The fourth-order valence-electron chi connectivity index (χ4n) is 2.04. The van der Waals surface area contributed by atoms with Gasteiger partial charge in [0.25, 0.3) is 0 Å². The molecule has 0 aliphatic rings. The second kappa shape index (κ2) is 5.75. The molecule has 1 heterocycles. The molecular weight excluding hydrogens is 316 g/mol. The zero-order valence-electron chi connectivity index (χ0n) is 11.4. The van der Waals surface area contributed by atoms with Gasteiger partial charge >= 0.3 is 5.97 Å². The van der Waals surface area contributed by atoms with Gasteiger partial charge in [-0.15, -0.1) is 0 Å². The fraction of sp³-hybridized carbons (Fsp3) is 0.0625. The normalized spacial score (nSPS) is 11.0. The van der Waals surface area contributed by atoms with E-state index in [4.69, 9.17) is 9.15 Å². The molecule has 2 aromatic carbocycles. The zero-order valence-corrected chi connectivity index (χ0v) is 11.4. The summed E-state index contributed by atoms with van der Waals surface area (Å²) in [5, 5.41) is 0.767. The van der Waals surface area contributed by atoms with Crippen molar-refractivity contribution in [2.24, 2.45) is 0 Å². The van der Waals surface area contributed by atoms with Gasteiger partial charge in [0.1, 0.15) is 23.5 Å². The lowest BCUT2D eigenvalue weighted by Crippen LogP contribution is -2.11. The lowest BCUT2D eigenvalue weighted by molar-refractivity contribution is 0.0440. The predicted octanol–water partition coefficient (Wildman–Crippen LogP) is 4.35. The molecule has 23 heavy (non-hydrogen) atoms. The van der Waals surface area contributed by atoms with Gasteiger partial charge in [0.05, 0.1) is 0 Å². The summed E-state index contributed by atoms with van der Waals surface area (Å²) in [6.45, 7) is -0.367. The molecule has 0 fully saturated rings. The third-order valence-electron chi connectivity index (χ3n) is 3.14. The molecule has 0 aliphatic heterocycles. The minimum Gasteiger partial charge on any atom is -0.457 e. The molecule has 0 saturated carbocycles. The van der Waals surface area contributed by atoms with E-state index in [9.17, 15) is 22.4 Å². The molecule has 0 radical (unpaired) electrons. The van der Waals surface area contributed by atoms with Crippen molar-refractivity contribution in [2.75, 3.05) is 0 Å². The van der Waals surface area contributed by atoms with Crippen LogP contribution in [0.5, 0.6) is 0 Å². The Kier molecular flexibility index (Phi) is 3.77. The number of para-hydroxylation sites is 1. The van der Waals surface area contributed by atoms with E-state index >= 15 is 0 Å². The van der Waals surface area contributed by atoms with E-state index in [0.717, 1.165) is 5.39 Å². The summed E-state index contributed by atoms with van der Waals surface area (Å²) in [5.74, 6) is -8.61. The van der Waals surface area contributed by atoms with Gasteiger partial charge in [-0.2, -0.15) is 0 Å². The average molecular weight is 324 g/mol. The van der Waals surface area contributed by atoms with Crippen LogP contribution in [0.3, 0.4) is 0 Å². The first-order valence-electron chi connectivity index (χ1n) is 6.45. The van der Waals surface area contributed by atoms with E-state index in [1.165, 1.54) is 0 Å². The summed E-state index contributed by atoms with van der Waals surface area (Å²) in [6, 6.07) is 8.85. The Bertz CT molecular complexity index is 869. The Morgan fingerprint density at radius 3 is 2.48 bits per heavy atom. The highest BCUT2D eigenvalue weighted by molar-refractivity contribution is 5.89. The molecule has 0 N–H and O–H groups in total. The molecule has 0 saturated heterocycles. The number of fused-ring (bicyclic) bond motifs is 1. The van der Waals surface area contributed by atoms with Crippen molar-refractivity contribution in [1.29, 1.82) is 0 Å². The highest BCUT2D eigenvalue weighted by Crippen LogP contribution is 2.22. The molecule has 7 heteroatoms. The van der Waals surface area contributed by atoms with E-state index < -0.39 is 34.8 Å². The molecule has 1 aromatic heterocycles. The minimum atomic E-state index is -2.07. The molecular formula is C16H8F4O3. The van der Waals surface area contributed by atoms with Crippen molar-refractivity contribution < 1.29 is 31.5 Å². The molecule has 0 aliphatic carbocycles. The number of esters is 1. The van der Waals surface area contributed by atoms with Gasteiger partial charge in [-0.3, -0.25) is 0 Å². The third-order valence-corrected chi connectivity index (χ3v) is 3.14. The lowest BCUT2D eigenvalue weighted by Gasteiger charge is -2.06. The first-order valence-corrected chi connectivity index (χ1v) is 6.45. The van der Waals surface area contributed by atoms with E-state index in [0.29, 0.717) is 5.58 Å². The van der Waals surface area contributed by atoms with Crippen LogP contribution >= 0.6 is 0 Å². The number of rotatable bonds is 3. The summed E-state index contributed by atoms with van der Waals surface area (Å²) in [4.78, 5) is 11.7. The summed E-state index contributed by atoms with van der Waals surface area (Å²) >= 11 is 0. The number of benzene rings is 2. The topological polar surface area (TPSA) is 39.4 Å². The Morgan fingerprint density at radius 1 is 1.00 bits per heavy atom. The summed E-state index contributed by atoms with van der Waals surface area (Å²) in [7, 11) is 0. The van der Waals surface area contributed by atoms with Gasteiger partial charge in [-0.25, -0.2) is 22.4 Å². The SMILES string of the molecule is O=C(OCc1cc2ccccc2o1)c1cc(F)c(F)c(F)c1F. The molecule has 3 rings (SSSR count). The van der Waals surface area contributed by atoms with Crippen LogP contribution in [-0.2, 0) is 11.3 Å². The highest BCUT2D eigenvalue weighted by Gasteiger charge is 2.24. The lowest BCUT2D eigenvalue weighted by atomic mass is 10.2. The van der Waals surface area contributed by atoms with Crippen LogP contribution in [0.2, 0.25) is 0 Å². The van der Waals surface area contributed by atoms with E-state index in [-0.39, 0.29) is 18.4 Å². The maximum Gasteiger partial charge on any atom is 0.341 e. The Labute approximate surface area is 127 Å². The maximum atomic E-state index is 13.5. The summed E-state index contributed by atoms with van der Waals surface area (Å²) in [6.07, 6.45) is 0. The summed E-state index contributed by atoms with van der Waals surface area (Å²) in [5.41, 5.74) is -0.471. The van der Waals surface area contributed by atoms with Crippen molar-refractivity contribution in [3.05, 3.63) is 71.0 Å². The van der Waals surface area contributed by atoms with Crippen molar-refractivity contribution in [3.63, 3.8) is 0 Å². The van der Waals surface area contributed by atoms with Crippen LogP contribution in [-0.4, -0.2) is 5.97 Å². The van der Waals surface area contributed by atoms with Gasteiger partial charge in [0.2, 0.25) is 0 Å². The molecule has 0 bridgehead atoms. The van der Waals surface area contributed by atoms with Gasteiger partial charge in [-0.05, 0) is 18.2 Å². The standard InChI is InChI=1S/C16H8F4O3/c17-11-6-10(13(18)15(20)14(11)19)16(21)22-7-9-5-8-3-1-2-4-12(8)23-9/h1-6H,7H2. The van der Waals surface area contributed by atoms with Crippen molar-refractivity contribution in [2.45, 2.75) is 6.61 Å². The van der Waals surface area contributed by atoms with Crippen LogP contribution in [0, 0.1) is 23.3 Å². The van der Waals surface area contributed by atoms with Gasteiger partial charge in [0, 0.05) is 5.39 Å². The first kappa shape index (κ1) is 15.1. The number of hydrogen-bond acceptors (Lipinski definition) is 3. The second-order valence-electron chi connectivity index (χ2n) is 4.67. The molecule has 3 aromatic rings. The fourth-order valence-corrected chi connectivity index (χ4v) is 2.04. The predicted molar refractivity (Wildman–Crippen MR) is 71.6 cm³/mol. The first-order chi connectivity index (χ1) is 11.0. The van der Waals surface area contributed by atoms with E-state index in [2.05, 4.69) is 0 Å². The summed E-state index contributed by atoms with van der Waals surface area (Å²) < 4.78 is 62.6. The zero-order chi connectivity index (χ0) is 16.6. The van der Waals surface area contributed by atoms with Crippen LogP contribution in [0.4, 0.5) is 17.6 Å². The molecule has 0 spiro atoms. The smallest absolute Gasteiger partial charge is 0.341 e. The number of carbonyl (C=O) groups is 1. The molecule has 3 nitrogen and oxygen atoms in total. The van der Waals surface area contributed by atoms with Crippen molar-refractivity contribution in [1.82, 2.24) is 0 Å². The van der Waals surface area contributed by atoms with Gasteiger partial charge in [0.15, 0.2) is 23.3 Å². The van der Waals surface area contributed by atoms with Crippen molar-refractivity contribution in [3.8, 4) is 0 Å². The highest BCUT2D eigenvalue weighted by atomic mass is 19.2. The van der Waals surface area contributed by atoms with Crippen LogP contribution < -0.4 is 0 Å². The largest absolute Gasteiger partial charge is 0.457 e. The molecule has 118 valence electrons. The Balaban J connectivity index is 1.79. The number of ether oxygens (including phenoxy) is 1. The average Bonchev–Trinajstić information content (AvgIpc) is 2.97. The van der Waals surface area contributed by atoms with Gasteiger partial charge in [-0.1, -0.05) is 18.2 Å². The number of hydrogen-bond donors (Lipinski definition) is 0. The molecule has 0 unspecified atom stereocenters. The maximum absolute atomic E-state index is 13.5. The molecule has 0 amide bonds. The number of carbonyl (C=O) groups excluding carboxylic acids is 1. The minimum absolute atomic E-state index is 0.245. The van der Waals surface area contributed by atoms with Crippen molar-refractivity contribution >= 4 is 16.9 Å². The van der Waals surface area contributed by atoms with Gasteiger partial charge < -0.3 is 9.15 Å². The second-order valence-corrected chi connectivity index (χ2v) is 4.67. The van der Waals surface area contributed by atoms with Crippen LogP contribution in [0.15, 0.2) is 40.8 Å². The van der Waals surface area contributed by atoms with E-state index in [1.54, 1.807) is 30.3 Å². The van der Waals surface area contributed by atoms with Crippen LogP contribution in [0.25, 0.3) is 11.0 Å². The van der Waals surface area contributed by atoms with E-state index in [1.807, 2.05) is 0 Å².